The molecule has 3 fully saturated rings. The Balaban J connectivity index is 1.58. The molecule has 1 amide bonds. The molecule has 3 rings (SSSR count). The maximum atomic E-state index is 13.2. The van der Waals surface area contributed by atoms with Crippen LogP contribution in [0.3, 0.4) is 0 Å². The average molecular weight is 1000 g/mol. The Bertz CT molecular complexity index is 1480. The summed E-state index contributed by atoms with van der Waals surface area (Å²) < 4.78 is 34.0. The van der Waals surface area contributed by atoms with Gasteiger partial charge in [-0.2, -0.15) is 0 Å². The van der Waals surface area contributed by atoms with E-state index in [1.54, 1.807) is 6.08 Å². The highest BCUT2D eigenvalue weighted by atomic mass is 16.8. The summed E-state index contributed by atoms with van der Waals surface area (Å²) in [5.41, 5.74) is 0. The number of nitrogens with one attached hydrogen (secondary N) is 1. The summed E-state index contributed by atoms with van der Waals surface area (Å²) >= 11 is 0. The van der Waals surface area contributed by atoms with Crippen LogP contribution in [0.1, 0.15) is 136 Å². The fourth-order valence-electron chi connectivity index (χ4n) is 8.43. The molecular weight excluding hydrogens is 915 g/mol. The van der Waals surface area contributed by atoms with Crippen LogP contribution in [-0.4, -0.2) is 193 Å². The molecule has 70 heavy (non-hydrogen) atoms. The summed E-state index contributed by atoms with van der Waals surface area (Å²) in [5.74, 6) is -0.305. The normalized spacial score (nSPS) is 33.0. The third-order valence-electron chi connectivity index (χ3n) is 12.8. The van der Waals surface area contributed by atoms with Gasteiger partial charge in [0.1, 0.15) is 73.2 Å². The molecule has 0 aliphatic carbocycles. The van der Waals surface area contributed by atoms with Crippen LogP contribution < -0.4 is 5.32 Å². The molecule has 3 aliphatic heterocycles. The highest BCUT2D eigenvalue weighted by molar-refractivity contribution is 5.76. The van der Waals surface area contributed by atoms with Crippen molar-refractivity contribution < 1.29 is 89.4 Å². The van der Waals surface area contributed by atoms with E-state index < -0.39 is 124 Å². The standard InChI is InChI=1S/C51H89NO18/c1-3-5-7-9-11-13-15-17-19-21-23-25-27-29-39(57)52-34(35(56)28-26-24-22-20-18-16-14-12-10-8-6-4-2)33-65-49-45(63)42(60)47(37(31-54)67-49)70-51-46(64)43(61)48(38(32-55)68-51)69-50-44(62)41(59)40(58)36(30-53)66-50/h10,12-13,15,18,20,26,28,34-38,40-51,53-56,58-64H,3-9,11,14,16-17,19,21-25,27,29-33H2,1-2H3,(H,52,57)/b12-10+,15-13-,20-18+,28-26+. The van der Waals surface area contributed by atoms with Crippen molar-refractivity contribution in [2.24, 2.45) is 0 Å². The van der Waals surface area contributed by atoms with Gasteiger partial charge in [-0.05, 0) is 64.2 Å². The van der Waals surface area contributed by atoms with E-state index in [0.717, 1.165) is 64.2 Å². The molecule has 0 aromatic rings. The lowest BCUT2D eigenvalue weighted by Gasteiger charge is -2.48. The first-order valence-corrected chi connectivity index (χ1v) is 25.9. The van der Waals surface area contributed by atoms with Crippen LogP contribution in [0.4, 0.5) is 0 Å². The van der Waals surface area contributed by atoms with Crippen molar-refractivity contribution >= 4 is 5.91 Å². The molecule has 12 N–H and O–H groups in total. The number of ether oxygens (including phenoxy) is 6. The van der Waals surface area contributed by atoms with Crippen LogP contribution in [0, 0.1) is 0 Å². The van der Waals surface area contributed by atoms with Gasteiger partial charge in [0.15, 0.2) is 18.9 Å². The van der Waals surface area contributed by atoms with Gasteiger partial charge in [-0.3, -0.25) is 4.79 Å². The van der Waals surface area contributed by atoms with E-state index in [0.29, 0.717) is 12.8 Å². The summed E-state index contributed by atoms with van der Waals surface area (Å²) in [6.07, 6.45) is 8.35. The fraction of sp³-hybridized carbons (Fsp3) is 0.824. The maximum Gasteiger partial charge on any atom is 0.220 e. The predicted molar refractivity (Wildman–Crippen MR) is 259 cm³/mol. The van der Waals surface area contributed by atoms with Gasteiger partial charge in [-0.1, -0.05) is 114 Å². The second kappa shape index (κ2) is 35.8. The van der Waals surface area contributed by atoms with Gasteiger partial charge < -0.3 is 89.9 Å². The number of unbranched alkanes of at least 4 members (excludes halogenated alkanes) is 13. The van der Waals surface area contributed by atoms with E-state index in [-0.39, 0.29) is 18.9 Å². The first kappa shape index (κ1) is 62.0. The second-order valence-corrected chi connectivity index (χ2v) is 18.6. The molecule has 19 nitrogen and oxygen atoms in total. The predicted octanol–water partition coefficient (Wildman–Crippen LogP) is 1.97. The molecule has 0 aromatic heterocycles. The van der Waals surface area contributed by atoms with Gasteiger partial charge in [0.25, 0.3) is 0 Å². The van der Waals surface area contributed by atoms with Gasteiger partial charge >= 0.3 is 0 Å². The number of carbonyl (C=O) groups excluding carboxylic acids is 1. The van der Waals surface area contributed by atoms with E-state index in [1.165, 1.54) is 38.5 Å². The van der Waals surface area contributed by atoms with Crippen LogP contribution in [-0.2, 0) is 33.2 Å². The molecule has 17 unspecified atom stereocenters. The molecule has 0 spiro atoms. The van der Waals surface area contributed by atoms with Gasteiger partial charge in [-0.25, -0.2) is 0 Å². The number of rotatable bonds is 35. The molecule has 0 saturated carbocycles. The molecule has 0 bridgehead atoms. The van der Waals surface area contributed by atoms with Crippen LogP contribution in [0.5, 0.6) is 0 Å². The number of allylic oxidation sites excluding steroid dienone is 7. The van der Waals surface area contributed by atoms with Gasteiger partial charge in [-0.15, -0.1) is 0 Å². The largest absolute Gasteiger partial charge is 0.394 e. The molecular formula is C51H89NO18. The molecule has 0 aromatic carbocycles. The molecule has 406 valence electrons. The van der Waals surface area contributed by atoms with Crippen molar-refractivity contribution in [1.82, 2.24) is 5.32 Å². The van der Waals surface area contributed by atoms with E-state index >= 15 is 0 Å². The van der Waals surface area contributed by atoms with Crippen molar-refractivity contribution in [2.45, 2.75) is 240 Å². The smallest absolute Gasteiger partial charge is 0.220 e. The fourth-order valence-corrected chi connectivity index (χ4v) is 8.43. The van der Waals surface area contributed by atoms with Crippen molar-refractivity contribution in [3.05, 3.63) is 48.6 Å². The summed E-state index contributed by atoms with van der Waals surface area (Å²) in [5, 5.41) is 119. The Morgan fingerprint density at radius 2 is 0.929 bits per heavy atom. The number of amides is 1. The molecule has 19 heteroatoms. The van der Waals surface area contributed by atoms with Crippen LogP contribution in [0.15, 0.2) is 48.6 Å². The second-order valence-electron chi connectivity index (χ2n) is 18.6. The number of aliphatic hydroxyl groups is 11. The van der Waals surface area contributed by atoms with Crippen molar-refractivity contribution in [1.29, 1.82) is 0 Å². The quantitative estimate of drug-likeness (QED) is 0.0319. The Kier molecular flexibility index (Phi) is 31.8. The Morgan fingerprint density at radius 3 is 1.47 bits per heavy atom. The summed E-state index contributed by atoms with van der Waals surface area (Å²) in [6.45, 7) is 1.57. The van der Waals surface area contributed by atoms with Crippen LogP contribution >= 0.6 is 0 Å². The van der Waals surface area contributed by atoms with E-state index in [2.05, 4.69) is 55.6 Å². The minimum absolute atomic E-state index is 0.220. The van der Waals surface area contributed by atoms with E-state index in [4.69, 9.17) is 28.4 Å². The zero-order chi connectivity index (χ0) is 51.3. The van der Waals surface area contributed by atoms with Gasteiger partial charge in [0.05, 0.1) is 38.6 Å². The van der Waals surface area contributed by atoms with Crippen molar-refractivity contribution in [3.8, 4) is 0 Å². The molecule has 3 aliphatic rings. The van der Waals surface area contributed by atoms with Crippen molar-refractivity contribution in [3.63, 3.8) is 0 Å². The molecule has 0 radical (unpaired) electrons. The first-order valence-electron chi connectivity index (χ1n) is 25.9. The summed E-state index contributed by atoms with van der Waals surface area (Å²) in [7, 11) is 0. The lowest BCUT2D eigenvalue weighted by molar-refractivity contribution is -0.379. The van der Waals surface area contributed by atoms with Crippen molar-refractivity contribution in [2.75, 3.05) is 26.4 Å². The van der Waals surface area contributed by atoms with E-state index in [9.17, 15) is 61.0 Å². The van der Waals surface area contributed by atoms with Gasteiger partial charge in [0.2, 0.25) is 5.91 Å². The Morgan fingerprint density at radius 1 is 0.500 bits per heavy atom. The first-order chi connectivity index (χ1) is 33.8. The SMILES string of the molecule is CCCC/C=C/CC/C=C/CC/C=C/C(O)C(COC1OC(CO)C(OC2OC(CO)C(OC3OC(CO)C(O)C(O)C3O)C(O)C2O)C(O)C1O)NC(=O)CCCCCCC/C=C\CCCCCC. The highest BCUT2D eigenvalue weighted by Crippen LogP contribution is 2.33. The third-order valence-corrected chi connectivity index (χ3v) is 12.8. The molecule has 17 atom stereocenters. The van der Waals surface area contributed by atoms with Crippen LogP contribution in [0.25, 0.3) is 0 Å². The lowest BCUT2D eigenvalue weighted by atomic mass is 9.96. The molecule has 3 saturated heterocycles. The number of carbonyl (C=O) groups is 1. The topological polar surface area (TPSA) is 307 Å². The zero-order valence-corrected chi connectivity index (χ0v) is 41.5. The minimum atomic E-state index is -1.98. The number of hydrogen-bond acceptors (Lipinski definition) is 18. The van der Waals surface area contributed by atoms with Crippen LogP contribution in [0.2, 0.25) is 0 Å². The monoisotopic (exact) mass is 1000 g/mol. The molecule has 3 heterocycles. The maximum absolute atomic E-state index is 13.2. The third kappa shape index (κ3) is 21.3. The Hall–Kier alpha value is -2.25. The zero-order valence-electron chi connectivity index (χ0n) is 41.5. The Labute approximate surface area is 414 Å². The number of aliphatic hydroxyl groups excluding tert-OH is 11. The lowest BCUT2D eigenvalue weighted by Crippen LogP contribution is -2.66. The average Bonchev–Trinajstić information content (AvgIpc) is 3.35. The minimum Gasteiger partial charge on any atom is -0.394 e. The van der Waals surface area contributed by atoms with Gasteiger partial charge in [0, 0.05) is 6.42 Å². The summed E-state index contributed by atoms with van der Waals surface area (Å²) in [4.78, 5) is 13.2. The highest BCUT2D eigenvalue weighted by Gasteiger charge is 2.53. The summed E-state index contributed by atoms with van der Waals surface area (Å²) in [6, 6.07) is -0.997. The number of hydrogen-bond donors (Lipinski definition) is 12. The van der Waals surface area contributed by atoms with E-state index in [1.807, 2.05) is 6.08 Å².